The summed E-state index contributed by atoms with van der Waals surface area (Å²) in [5.74, 6) is -2.48. The van der Waals surface area contributed by atoms with Gasteiger partial charge in [0.2, 0.25) is 5.91 Å². The molecule has 1 spiro atoms. The molecule has 5 atom stereocenters. The van der Waals surface area contributed by atoms with Crippen LogP contribution in [-0.2, 0) is 23.9 Å². The van der Waals surface area contributed by atoms with Crippen LogP contribution in [0.4, 0.5) is 5.69 Å². The summed E-state index contributed by atoms with van der Waals surface area (Å²) in [4.78, 5) is 45.8. The molecule has 2 bridgehead atoms. The highest BCUT2D eigenvalue weighted by Crippen LogP contribution is 2.63. The van der Waals surface area contributed by atoms with Crippen molar-refractivity contribution >= 4 is 34.2 Å². The number of aliphatic hydroxyl groups is 1. The zero-order chi connectivity index (χ0) is 29.9. The maximum Gasteiger partial charge on any atom is 0.312 e. The molecule has 8 nitrogen and oxygen atoms in total. The van der Waals surface area contributed by atoms with Crippen molar-refractivity contribution in [3.8, 4) is 0 Å². The van der Waals surface area contributed by atoms with E-state index in [0.29, 0.717) is 44.3 Å². The lowest BCUT2D eigenvalue weighted by Crippen LogP contribution is -2.56. The van der Waals surface area contributed by atoms with E-state index in [1.165, 1.54) is 0 Å². The Balaban J connectivity index is 1.52. The van der Waals surface area contributed by atoms with E-state index in [2.05, 4.69) is 13.2 Å². The fourth-order valence-corrected chi connectivity index (χ4v) is 7.33. The summed E-state index contributed by atoms with van der Waals surface area (Å²) in [6.45, 7) is 10.4. The van der Waals surface area contributed by atoms with Gasteiger partial charge in [-0.1, -0.05) is 55.3 Å². The fraction of sp³-hybridized carbons (Fsp3) is 0.500. The summed E-state index contributed by atoms with van der Waals surface area (Å²) in [6, 6.07) is 13.0. The number of hydrogen-bond donors (Lipinski definition) is 1. The first kappa shape index (κ1) is 30.0. The number of carbonyl (C=O) groups excluding carboxylic acids is 3. The standard InChI is InChI=1S/C34H42N2O6/c1-4-6-22-41-32(40)28-27-30(38)36(20-11-7-8-12-21-37)29(34(27)18-17-33(28,3)42-34)31(39)35(19-5-2)26-16-15-24-13-9-10-14-25(24)23-26/h4-5,9-10,13-16,23,27-29,37H,1-2,6-8,11-12,17-22H2,3H3/t27-,28+,29?,33-,34?/m0/s1. The molecule has 3 aliphatic rings. The average Bonchev–Trinajstić information content (AvgIpc) is 3.56. The van der Waals surface area contributed by atoms with Gasteiger partial charge in [-0.05, 0) is 61.9 Å². The van der Waals surface area contributed by atoms with Crippen molar-refractivity contribution in [1.82, 2.24) is 4.90 Å². The predicted octanol–water partition coefficient (Wildman–Crippen LogP) is 4.80. The highest BCUT2D eigenvalue weighted by atomic mass is 16.6. The van der Waals surface area contributed by atoms with E-state index in [1.807, 2.05) is 49.4 Å². The van der Waals surface area contributed by atoms with Crippen LogP contribution in [0.15, 0.2) is 67.8 Å². The Morgan fingerprint density at radius 2 is 1.86 bits per heavy atom. The monoisotopic (exact) mass is 574 g/mol. The number of hydrogen-bond acceptors (Lipinski definition) is 6. The summed E-state index contributed by atoms with van der Waals surface area (Å²) in [7, 11) is 0. The van der Waals surface area contributed by atoms with Gasteiger partial charge < -0.3 is 24.4 Å². The highest BCUT2D eigenvalue weighted by Gasteiger charge is 2.78. The molecule has 0 radical (unpaired) electrons. The third-order valence-electron chi connectivity index (χ3n) is 9.26. The number of aliphatic hydroxyl groups excluding tert-OH is 1. The second kappa shape index (κ2) is 12.4. The van der Waals surface area contributed by atoms with Gasteiger partial charge in [0, 0.05) is 25.4 Å². The molecule has 2 aromatic rings. The Morgan fingerprint density at radius 1 is 1.10 bits per heavy atom. The van der Waals surface area contributed by atoms with Crippen LogP contribution < -0.4 is 4.90 Å². The van der Waals surface area contributed by atoms with Crippen LogP contribution in [0.25, 0.3) is 10.8 Å². The minimum Gasteiger partial charge on any atom is -0.465 e. The average molecular weight is 575 g/mol. The van der Waals surface area contributed by atoms with Gasteiger partial charge in [-0.15, -0.1) is 13.2 Å². The number of rotatable bonds is 14. The van der Waals surface area contributed by atoms with E-state index in [-0.39, 0.29) is 31.6 Å². The molecule has 42 heavy (non-hydrogen) atoms. The van der Waals surface area contributed by atoms with Crippen molar-refractivity contribution in [3.63, 3.8) is 0 Å². The van der Waals surface area contributed by atoms with Crippen LogP contribution in [0.2, 0.25) is 0 Å². The Bertz CT molecular complexity index is 1360. The van der Waals surface area contributed by atoms with Crippen molar-refractivity contribution in [2.45, 2.75) is 69.1 Å². The molecule has 0 aliphatic carbocycles. The first-order valence-corrected chi connectivity index (χ1v) is 15.1. The van der Waals surface area contributed by atoms with E-state index in [0.717, 1.165) is 23.6 Å². The highest BCUT2D eigenvalue weighted by molar-refractivity contribution is 6.05. The fourth-order valence-electron chi connectivity index (χ4n) is 7.33. The molecule has 2 amide bonds. The van der Waals surface area contributed by atoms with Crippen LogP contribution in [0.1, 0.15) is 51.9 Å². The molecule has 3 fully saturated rings. The number of ether oxygens (including phenoxy) is 2. The third kappa shape index (κ3) is 5.15. The van der Waals surface area contributed by atoms with Gasteiger partial charge in [-0.25, -0.2) is 0 Å². The molecule has 3 heterocycles. The summed E-state index contributed by atoms with van der Waals surface area (Å²) in [5, 5.41) is 11.3. The molecule has 3 saturated heterocycles. The predicted molar refractivity (Wildman–Crippen MR) is 162 cm³/mol. The minimum atomic E-state index is -1.12. The molecule has 0 aromatic heterocycles. The number of benzene rings is 2. The number of amides is 2. The molecule has 1 N–H and O–H groups in total. The lowest BCUT2D eigenvalue weighted by molar-refractivity contribution is -0.159. The van der Waals surface area contributed by atoms with Crippen molar-refractivity contribution in [1.29, 1.82) is 0 Å². The molecular weight excluding hydrogens is 532 g/mol. The lowest BCUT2D eigenvalue weighted by Gasteiger charge is -2.37. The zero-order valence-electron chi connectivity index (χ0n) is 24.5. The van der Waals surface area contributed by atoms with Crippen LogP contribution in [0.5, 0.6) is 0 Å². The van der Waals surface area contributed by atoms with Crippen molar-refractivity contribution in [3.05, 3.63) is 67.8 Å². The number of fused-ring (bicyclic) bond motifs is 2. The number of carbonyl (C=O) groups is 3. The van der Waals surface area contributed by atoms with E-state index in [4.69, 9.17) is 9.47 Å². The first-order chi connectivity index (χ1) is 20.3. The summed E-state index contributed by atoms with van der Waals surface area (Å²) >= 11 is 0. The maximum atomic E-state index is 14.7. The van der Waals surface area contributed by atoms with Gasteiger partial charge in [0.1, 0.15) is 17.6 Å². The normalized spacial score (nSPS) is 27.7. The van der Waals surface area contributed by atoms with Gasteiger partial charge in [0.05, 0.1) is 18.1 Å². The van der Waals surface area contributed by atoms with Crippen molar-refractivity contribution in [2.75, 3.05) is 31.2 Å². The Morgan fingerprint density at radius 3 is 2.60 bits per heavy atom. The summed E-state index contributed by atoms with van der Waals surface area (Å²) in [6.07, 6.45) is 7.97. The third-order valence-corrected chi connectivity index (χ3v) is 9.26. The van der Waals surface area contributed by atoms with Crippen molar-refractivity contribution in [2.24, 2.45) is 11.8 Å². The summed E-state index contributed by atoms with van der Waals surface area (Å²) < 4.78 is 12.3. The van der Waals surface area contributed by atoms with Gasteiger partial charge in [0.15, 0.2) is 0 Å². The number of unbranched alkanes of at least 4 members (excludes halogenated alkanes) is 3. The summed E-state index contributed by atoms with van der Waals surface area (Å²) in [5.41, 5.74) is -1.29. The number of likely N-dealkylation sites (tertiary alicyclic amines) is 1. The van der Waals surface area contributed by atoms with Gasteiger partial charge >= 0.3 is 5.97 Å². The molecule has 5 rings (SSSR count). The molecule has 3 aliphatic heterocycles. The van der Waals surface area contributed by atoms with Crippen LogP contribution in [0, 0.1) is 11.8 Å². The van der Waals surface area contributed by atoms with Gasteiger partial charge in [-0.2, -0.15) is 0 Å². The number of nitrogens with zero attached hydrogens (tertiary/aromatic N) is 2. The largest absolute Gasteiger partial charge is 0.465 e. The van der Waals surface area contributed by atoms with Crippen LogP contribution >= 0.6 is 0 Å². The molecule has 0 saturated carbocycles. The molecule has 8 heteroatoms. The van der Waals surface area contributed by atoms with Gasteiger partial charge in [0.25, 0.3) is 5.91 Å². The van der Waals surface area contributed by atoms with Gasteiger partial charge in [-0.3, -0.25) is 14.4 Å². The van der Waals surface area contributed by atoms with E-state index >= 15 is 0 Å². The lowest BCUT2D eigenvalue weighted by atomic mass is 9.66. The second-order valence-electron chi connectivity index (χ2n) is 11.9. The van der Waals surface area contributed by atoms with E-state index < -0.39 is 35.0 Å². The van der Waals surface area contributed by atoms with E-state index in [1.54, 1.807) is 22.0 Å². The zero-order valence-corrected chi connectivity index (χ0v) is 24.5. The quantitative estimate of drug-likeness (QED) is 0.198. The molecular formula is C34H42N2O6. The van der Waals surface area contributed by atoms with Crippen LogP contribution in [-0.4, -0.2) is 71.3 Å². The maximum absolute atomic E-state index is 14.7. The minimum absolute atomic E-state index is 0.124. The Labute approximate surface area is 248 Å². The molecule has 2 aromatic carbocycles. The Kier molecular flexibility index (Phi) is 8.85. The smallest absolute Gasteiger partial charge is 0.312 e. The Hall–Kier alpha value is -3.49. The number of esters is 1. The number of anilines is 1. The van der Waals surface area contributed by atoms with E-state index in [9.17, 15) is 19.5 Å². The first-order valence-electron chi connectivity index (χ1n) is 15.1. The second-order valence-corrected chi connectivity index (χ2v) is 11.9. The SMILES string of the molecule is C=CCCOC(=O)[C@H]1[C@H]2C(=O)N(CCCCCCO)C(C(=O)N(CC=C)c3ccc4ccccc4c3)C23CC[C@]1(C)O3. The van der Waals surface area contributed by atoms with Crippen LogP contribution in [0.3, 0.4) is 0 Å². The topological polar surface area (TPSA) is 96.4 Å². The molecule has 2 unspecified atom stereocenters. The van der Waals surface area contributed by atoms with Crippen molar-refractivity contribution < 1.29 is 29.0 Å². The molecule has 224 valence electrons.